The van der Waals surface area contributed by atoms with E-state index >= 15 is 0 Å². The van der Waals surface area contributed by atoms with Gasteiger partial charge < -0.3 is 20.1 Å². The number of piperidine rings is 1. The highest BCUT2D eigenvalue weighted by Crippen LogP contribution is 2.34. The molecule has 0 spiro atoms. The molecule has 0 radical (unpaired) electrons. The lowest BCUT2D eigenvalue weighted by Gasteiger charge is -2.36. The number of imidazole rings is 1. The molecule has 2 saturated heterocycles. The van der Waals surface area contributed by atoms with E-state index in [9.17, 15) is 0 Å². The first-order chi connectivity index (χ1) is 19.7. The SMILES string of the molecule is Clc1cnc2[nH]c(-c3ccc(N4CCN(Cc5ccncc5)CC4)cc3)nc2c1NC1CCN(CC2CC2)CC1. The number of pyridine rings is 2. The van der Waals surface area contributed by atoms with Gasteiger partial charge in [-0.2, -0.15) is 0 Å². The van der Waals surface area contributed by atoms with Crippen LogP contribution < -0.4 is 10.2 Å². The molecule has 3 aliphatic rings. The van der Waals surface area contributed by atoms with Gasteiger partial charge in [0.05, 0.1) is 16.9 Å². The van der Waals surface area contributed by atoms with Gasteiger partial charge in [-0.1, -0.05) is 11.6 Å². The topological polar surface area (TPSA) is 76.2 Å². The fraction of sp³-hybridized carbons (Fsp3) is 0.452. The molecule has 8 nitrogen and oxygen atoms in total. The lowest BCUT2D eigenvalue weighted by Crippen LogP contribution is -2.45. The van der Waals surface area contributed by atoms with Crippen LogP contribution in [0, 0.1) is 5.92 Å². The van der Waals surface area contributed by atoms with Gasteiger partial charge in [-0.15, -0.1) is 0 Å². The number of fused-ring (bicyclic) bond motifs is 1. The minimum atomic E-state index is 0.406. The molecule has 7 rings (SSSR count). The minimum absolute atomic E-state index is 0.406. The lowest BCUT2D eigenvalue weighted by molar-refractivity contribution is 0.211. The number of aromatic amines is 1. The predicted molar refractivity (Wildman–Crippen MR) is 162 cm³/mol. The molecule has 3 aromatic heterocycles. The molecule has 0 atom stereocenters. The van der Waals surface area contributed by atoms with E-state index in [1.807, 2.05) is 12.4 Å². The third kappa shape index (κ3) is 5.80. The Hall–Kier alpha value is -3.20. The molecule has 9 heteroatoms. The van der Waals surface area contributed by atoms with E-state index < -0.39 is 0 Å². The minimum Gasteiger partial charge on any atom is -0.379 e. The normalized spacial score (nSPS) is 19.4. The van der Waals surface area contributed by atoms with Gasteiger partial charge in [0.1, 0.15) is 11.3 Å². The average molecular weight is 557 g/mol. The summed E-state index contributed by atoms with van der Waals surface area (Å²) in [6.45, 7) is 8.70. The van der Waals surface area contributed by atoms with Crippen molar-refractivity contribution in [3.8, 4) is 11.4 Å². The van der Waals surface area contributed by atoms with E-state index in [0.717, 1.165) is 92.8 Å². The van der Waals surface area contributed by atoms with E-state index in [1.165, 1.54) is 30.6 Å². The van der Waals surface area contributed by atoms with E-state index in [-0.39, 0.29) is 0 Å². The predicted octanol–water partition coefficient (Wildman–Crippen LogP) is 5.28. The van der Waals surface area contributed by atoms with Gasteiger partial charge in [-0.25, -0.2) is 9.97 Å². The summed E-state index contributed by atoms with van der Waals surface area (Å²) in [6.07, 6.45) is 10.6. The van der Waals surface area contributed by atoms with Crippen LogP contribution in [0.5, 0.6) is 0 Å². The zero-order valence-corrected chi connectivity index (χ0v) is 23.7. The number of hydrogen-bond acceptors (Lipinski definition) is 7. The molecule has 1 saturated carbocycles. The number of rotatable bonds is 8. The Morgan fingerprint density at radius 1 is 0.875 bits per heavy atom. The molecule has 40 heavy (non-hydrogen) atoms. The summed E-state index contributed by atoms with van der Waals surface area (Å²) in [5.74, 6) is 1.77. The number of halogens is 1. The molecule has 2 N–H and O–H groups in total. The van der Waals surface area contributed by atoms with Crippen LogP contribution in [0.1, 0.15) is 31.2 Å². The zero-order chi connectivity index (χ0) is 26.9. The third-order valence-electron chi connectivity index (χ3n) is 8.65. The maximum absolute atomic E-state index is 6.64. The van der Waals surface area contributed by atoms with Crippen molar-refractivity contribution in [2.75, 3.05) is 56.0 Å². The number of nitrogens with one attached hydrogen (secondary N) is 2. The standard InChI is InChI=1S/C31H37ClN8/c32-27-19-34-31-29(28(27)35-25-9-13-38(14-10-25)20-22-1-2-22)36-30(37-31)24-3-5-26(6-4-24)40-17-15-39(16-18-40)21-23-7-11-33-12-8-23/h3-8,11-12,19,22,25H,1-2,9-10,13-18,20-21H2,(H2,34,35,36,37). The number of H-pyrrole nitrogens is 1. The number of benzene rings is 1. The quantitative estimate of drug-likeness (QED) is 0.306. The second kappa shape index (κ2) is 11.4. The second-order valence-corrected chi connectivity index (χ2v) is 12.0. The van der Waals surface area contributed by atoms with Crippen LogP contribution in [0.4, 0.5) is 11.4 Å². The van der Waals surface area contributed by atoms with Crippen LogP contribution in [0.25, 0.3) is 22.6 Å². The number of anilines is 2. The van der Waals surface area contributed by atoms with Crippen LogP contribution in [0.15, 0.2) is 55.0 Å². The highest BCUT2D eigenvalue weighted by molar-refractivity contribution is 6.34. The fourth-order valence-corrected chi connectivity index (χ4v) is 6.27. The first-order valence-electron chi connectivity index (χ1n) is 14.7. The smallest absolute Gasteiger partial charge is 0.159 e. The van der Waals surface area contributed by atoms with Crippen molar-refractivity contribution >= 4 is 34.1 Å². The molecule has 208 valence electrons. The summed E-state index contributed by atoms with van der Waals surface area (Å²) in [5.41, 5.74) is 6.10. The number of likely N-dealkylation sites (tertiary alicyclic amines) is 1. The molecule has 1 aliphatic carbocycles. The Balaban J connectivity index is 0.999. The molecule has 4 aromatic rings. The van der Waals surface area contributed by atoms with Gasteiger partial charge in [-0.3, -0.25) is 9.88 Å². The van der Waals surface area contributed by atoms with Gasteiger partial charge >= 0.3 is 0 Å². The molecule has 0 bridgehead atoms. The summed E-state index contributed by atoms with van der Waals surface area (Å²) in [7, 11) is 0. The van der Waals surface area contributed by atoms with Crippen molar-refractivity contribution in [1.82, 2.24) is 29.7 Å². The zero-order valence-electron chi connectivity index (χ0n) is 22.9. The van der Waals surface area contributed by atoms with Crippen LogP contribution >= 0.6 is 11.6 Å². The molecular formula is C31H37ClN8. The highest BCUT2D eigenvalue weighted by Gasteiger charge is 2.28. The molecule has 0 unspecified atom stereocenters. The summed E-state index contributed by atoms with van der Waals surface area (Å²) >= 11 is 6.64. The molecule has 2 aliphatic heterocycles. The third-order valence-corrected chi connectivity index (χ3v) is 8.94. The van der Waals surface area contributed by atoms with E-state index in [2.05, 4.69) is 71.4 Å². The number of nitrogens with zero attached hydrogens (tertiary/aromatic N) is 6. The molecule has 1 aromatic carbocycles. The summed E-state index contributed by atoms with van der Waals surface area (Å²) in [5, 5.41) is 4.35. The monoisotopic (exact) mass is 556 g/mol. The van der Waals surface area contributed by atoms with Crippen molar-refractivity contribution < 1.29 is 0 Å². The van der Waals surface area contributed by atoms with Crippen molar-refractivity contribution in [2.24, 2.45) is 5.92 Å². The largest absolute Gasteiger partial charge is 0.379 e. The van der Waals surface area contributed by atoms with Crippen molar-refractivity contribution in [2.45, 2.75) is 38.3 Å². The fourth-order valence-electron chi connectivity index (χ4n) is 6.07. The second-order valence-electron chi connectivity index (χ2n) is 11.6. The molecular weight excluding hydrogens is 520 g/mol. The average Bonchev–Trinajstić information content (AvgIpc) is 3.71. The van der Waals surface area contributed by atoms with Crippen molar-refractivity contribution in [3.05, 3.63) is 65.6 Å². The first kappa shape index (κ1) is 25.7. The summed E-state index contributed by atoms with van der Waals surface area (Å²) < 4.78 is 0. The Bertz CT molecular complexity index is 1420. The molecule has 0 amide bonds. The van der Waals surface area contributed by atoms with Crippen LogP contribution in [-0.4, -0.2) is 81.6 Å². The number of piperazine rings is 1. The summed E-state index contributed by atoms with van der Waals surface area (Å²) in [4.78, 5) is 24.7. The molecule has 5 heterocycles. The van der Waals surface area contributed by atoms with E-state index in [4.69, 9.17) is 16.6 Å². The van der Waals surface area contributed by atoms with Gasteiger partial charge in [0.2, 0.25) is 0 Å². The highest BCUT2D eigenvalue weighted by atomic mass is 35.5. The lowest BCUT2D eigenvalue weighted by atomic mass is 10.0. The Kier molecular flexibility index (Phi) is 7.31. The Morgan fingerprint density at radius 3 is 2.35 bits per heavy atom. The van der Waals surface area contributed by atoms with Gasteiger partial charge in [0.25, 0.3) is 0 Å². The van der Waals surface area contributed by atoms with Gasteiger partial charge in [-0.05, 0) is 73.6 Å². The van der Waals surface area contributed by atoms with E-state index in [0.29, 0.717) is 11.1 Å². The number of hydrogen-bond donors (Lipinski definition) is 2. The Morgan fingerprint density at radius 2 is 1.62 bits per heavy atom. The van der Waals surface area contributed by atoms with E-state index in [1.54, 1.807) is 6.20 Å². The molecule has 3 fully saturated rings. The maximum Gasteiger partial charge on any atom is 0.159 e. The van der Waals surface area contributed by atoms with Crippen LogP contribution in [0.2, 0.25) is 5.02 Å². The van der Waals surface area contributed by atoms with Gasteiger partial charge in [0, 0.05) is 82.0 Å². The van der Waals surface area contributed by atoms with Crippen molar-refractivity contribution in [1.29, 1.82) is 0 Å². The maximum atomic E-state index is 6.64. The number of aromatic nitrogens is 4. The van der Waals surface area contributed by atoms with Gasteiger partial charge in [0.15, 0.2) is 5.65 Å². The Labute approximate surface area is 240 Å². The van der Waals surface area contributed by atoms with Crippen LogP contribution in [0.3, 0.4) is 0 Å². The van der Waals surface area contributed by atoms with Crippen molar-refractivity contribution in [3.63, 3.8) is 0 Å². The first-order valence-corrected chi connectivity index (χ1v) is 15.1. The van der Waals surface area contributed by atoms with Crippen LogP contribution in [-0.2, 0) is 6.54 Å². The summed E-state index contributed by atoms with van der Waals surface area (Å²) in [6, 6.07) is 13.3.